The molecule has 0 aromatic heterocycles. The van der Waals surface area contributed by atoms with E-state index in [-0.39, 0.29) is 11.9 Å². The molecule has 0 saturated carbocycles. The average molecular weight is 303 g/mol. The van der Waals surface area contributed by atoms with Crippen molar-refractivity contribution < 1.29 is 13.2 Å². The normalized spacial score (nSPS) is 17.4. The van der Waals surface area contributed by atoms with Crippen molar-refractivity contribution in [1.29, 1.82) is 0 Å². The van der Waals surface area contributed by atoms with Gasteiger partial charge in [0.2, 0.25) is 10.0 Å². The topological polar surface area (TPSA) is 49.9 Å². The highest BCUT2D eigenvalue weighted by Gasteiger charge is 2.31. The van der Waals surface area contributed by atoms with Gasteiger partial charge in [-0.3, -0.25) is 4.31 Å². The van der Waals surface area contributed by atoms with E-state index >= 15 is 0 Å². The Kier molecular flexibility index (Phi) is 3.94. The molecule has 1 aliphatic rings. The molecule has 110 valence electrons. The quantitative estimate of drug-likeness (QED) is 0.770. The van der Waals surface area contributed by atoms with Crippen LogP contribution in [0, 0.1) is 0 Å². The van der Waals surface area contributed by atoms with E-state index in [4.69, 9.17) is 4.74 Å². The second kappa shape index (κ2) is 5.87. The summed E-state index contributed by atoms with van der Waals surface area (Å²) in [6.45, 7) is 1.00. The van der Waals surface area contributed by atoms with Crippen molar-refractivity contribution in [3.05, 3.63) is 66.2 Å². The van der Waals surface area contributed by atoms with Crippen LogP contribution in [0.25, 0.3) is 0 Å². The van der Waals surface area contributed by atoms with Gasteiger partial charge in [-0.15, -0.1) is 0 Å². The van der Waals surface area contributed by atoms with Gasteiger partial charge in [-0.05, 0) is 17.7 Å². The number of sulfonamides is 1. The highest BCUT2D eigenvalue weighted by Crippen LogP contribution is 2.24. The minimum atomic E-state index is -3.43. The minimum absolute atomic E-state index is 0.00451. The van der Waals surface area contributed by atoms with Gasteiger partial charge in [0.15, 0.2) is 0 Å². The summed E-state index contributed by atoms with van der Waals surface area (Å²) in [7, 11) is -3.43. The Morgan fingerprint density at radius 1 is 1.00 bits per heavy atom. The highest BCUT2D eigenvalue weighted by atomic mass is 32.2. The van der Waals surface area contributed by atoms with Crippen LogP contribution in [0.5, 0.6) is 0 Å². The zero-order chi connectivity index (χ0) is 14.7. The first-order valence-corrected chi connectivity index (χ1v) is 8.47. The van der Waals surface area contributed by atoms with Gasteiger partial charge in [0.05, 0.1) is 30.7 Å². The van der Waals surface area contributed by atoms with Crippen LogP contribution in [-0.4, -0.2) is 27.7 Å². The molecule has 1 heterocycles. The number of para-hydroxylation sites is 1. The van der Waals surface area contributed by atoms with Crippen LogP contribution in [0.3, 0.4) is 0 Å². The standard InChI is InChI=1S/C16H17NO3S/c18-21(19,13-14-7-3-1-4-8-14)17(11-16-12-20-16)15-9-5-2-6-10-15/h1-10,16H,11-13H2. The van der Waals surface area contributed by atoms with E-state index in [9.17, 15) is 8.42 Å². The molecule has 1 atom stereocenters. The van der Waals surface area contributed by atoms with Crippen molar-refractivity contribution in [3.63, 3.8) is 0 Å². The Morgan fingerprint density at radius 2 is 1.57 bits per heavy atom. The lowest BCUT2D eigenvalue weighted by molar-refractivity contribution is 0.412. The fourth-order valence-electron chi connectivity index (χ4n) is 2.20. The molecule has 21 heavy (non-hydrogen) atoms. The molecular weight excluding hydrogens is 286 g/mol. The predicted molar refractivity (Wildman–Crippen MR) is 82.6 cm³/mol. The summed E-state index contributed by atoms with van der Waals surface area (Å²) >= 11 is 0. The summed E-state index contributed by atoms with van der Waals surface area (Å²) in [5.41, 5.74) is 1.47. The number of ether oxygens (including phenoxy) is 1. The Bertz CT molecular complexity index is 682. The Morgan fingerprint density at radius 3 is 2.14 bits per heavy atom. The monoisotopic (exact) mass is 303 g/mol. The number of hydrogen-bond donors (Lipinski definition) is 0. The Hall–Kier alpha value is -1.85. The van der Waals surface area contributed by atoms with E-state index in [1.165, 1.54) is 4.31 Å². The first-order valence-electron chi connectivity index (χ1n) is 6.86. The van der Waals surface area contributed by atoms with E-state index < -0.39 is 10.0 Å². The van der Waals surface area contributed by atoms with Gasteiger partial charge in [0.1, 0.15) is 0 Å². The molecule has 0 N–H and O–H groups in total. The number of epoxide rings is 1. The number of benzene rings is 2. The summed E-state index contributed by atoms with van der Waals surface area (Å²) in [6.07, 6.45) is 0.00996. The third-order valence-electron chi connectivity index (χ3n) is 3.34. The van der Waals surface area contributed by atoms with Crippen molar-refractivity contribution in [2.75, 3.05) is 17.5 Å². The molecule has 2 aromatic carbocycles. The van der Waals surface area contributed by atoms with Crippen LogP contribution < -0.4 is 4.31 Å². The second-order valence-corrected chi connectivity index (χ2v) is 6.96. The van der Waals surface area contributed by atoms with Gasteiger partial charge in [-0.1, -0.05) is 48.5 Å². The molecule has 1 saturated heterocycles. The summed E-state index contributed by atoms with van der Waals surface area (Å²) in [5.74, 6) is -0.00451. The van der Waals surface area contributed by atoms with E-state index in [1.807, 2.05) is 60.7 Å². The molecule has 0 spiro atoms. The van der Waals surface area contributed by atoms with Crippen LogP contribution in [0.1, 0.15) is 5.56 Å². The average Bonchev–Trinajstić information content (AvgIpc) is 3.30. The van der Waals surface area contributed by atoms with Gasteiger partial charge in [0.25, 0.3) is 0 Å². The van der Waals surface area contributed by atoms with E-state index in [1.54, 1.807) is 0 Å². The van der Waals surface area contributed by atoms with Crippen LogP contribution >= 0.6 is 0 Å². The Labute approximate surface area is 125 Å². The first kappa shape index (κ1) is 14.1. The first-order chi connectivity index (χ1) is 10.1. The van der Waals surface area contributed by atoms with E-state index in [0.717, 1.165) is 5.56 Å². The van der Waals surface area contributed by atoms with Gasteiger partial charge < -0.3 is 4.74 Å². The number of hydrogen-bond acceptors (Lipinski definition) is 3. The van der Waals surface area contributed by atoms with Crippen molar-refractivity contribution in [2.45, 2.75) is 11.9 Å². The summed E-state index contributed by atoms with van der Waals surface area (Å²) in [5, 5.41) is 0. The molecule has 1 unspecified atom stereocenters. The molecular formula is C16H17NO3S. The SMILES string of the molecule is O=S(=O)(Cc1ccccc1)N(CC1CO1)c1ccccc1. The second-order valence-electron chi connectivity index (χ2n) is 5.06. The third-order valence-corrected chi connectivity index (χ3v) is 5.07. The van der Waals surface area contributed by atoms with Crippen LogP contribution in [0.4, 0.5) is 5.69 Å². The zero-order valence-electron chi connectivity index (χ0n) is 11.6. The van der Waals surface area contributed by atoms with Gasteiger partial charge in [0, 0.05) is 0 Å². The number of rotatable bonds is 6. The van der Waals surface area contributed by atoms with E-state index in [0.29, 0.717) is 18.8 Å². The van der Waals surface area contributed by atoms with Crippen molar-refractivity contribution in [3.8, 4) is 0 Å². The molecule has 3 rings (SSSR count). The van der Waals surface area contributed by atoms with Gasteiger partial charge >= 0.3 is 0 Å². The molecule has 5 heteroatoms. The van der Waals surface area contributed by atoms with Crippen molar-refractivity contribution in [2.24, 2.45) is 0 Å². The fraction of sp³-hybridized carbons (Fsp3) is 0.250. The van der Waals surface area contributed by atoms with Crippen molar-refractivity contribution >= 4 is 15.7 Å². The molecule has 2 aromatic rings. The van der Waals surface area contributed by atoms with E-state index in [2.05, 4.69) is 0 Å². The maximum atomic E-state index is 12.7. The lowest BCUT2D eigenvalue weighted by atomic mass is 10.2. The lowest BCUT2D eigenvalue weighted by Gasteiger charge is -2.23. The molecule has 0 radical (unpaired) electrons. The fourth-order valence-corrected chi connectivity index (χ4v) is 3.80. The Balaban J connectivity index is 1.87. The van der Waals surface area contributed by atoms with Gasteiger partial charge in [-0.25, -0.2) is 8.42 Å². The largest absolute Gasteiger partial charge is 0.371 e. The third kappa shape index (κ3) is 3.62. The molecule has 0 aliphatic carbocycles. The number of nitrogens with zero attached hydrogens (tertiary/aromatic N) is 1. The smallest absolute Gasteiger partial charge is 0.239 e. The van der Waals surface area contributed by atoms with Gasteiger partial charge in [-0.2, -0.15) is 0 Å². The predicted octanol–water partition coefficient (Wildman–Crippen LogP) is 2.42. The summed E-state index contributed by atoms with van der Waals surface area (Å²) < 4.78 is 32.1. The number of anilines is 1. The zero-order valence-corrected chi connectivity index (χ0v) is 12.4. The van der Waals surface area contributed by atoms with Crippen LogP contribution in [-0.2, 0) is 20.5 Å². The highest BCUT2D eigenvalue weighted by molar-refractivity contribution is 7.92. The molecule has 0 amide bonds. The summed E-state index contributed by atoms with van der Waals surface area (Å²) in [6, 6.07) is 18.4. The molecule has 1 aliphatic heterocycles. The van der Waals surface area contributed by atoms with Crippen LogP contribution in [0.2, 0.25) is 0 Å². The minimum Gasteiger partial charge on any atom is -0.371 e. The van der Waals surface area contributed by atoms with Crippen molar-refractivity contribution in [1.82, 2.24) is 0 Å². The molecule has 1 fully saturated rings. The molecule has 0 bridgehead atoms. The lowest BCUT2D eigenvalue weighted by Crippen LogP contribution is -2.35. The molecule has 4 nitrogen and oxygen atoms in total. The maximum Gasteiger partial charge on any atom is 0.239 e. The van der Waals surface area contributed by atoms with Crippen LogP contribution in [0.15, 0.2) is 60.7 Å². The summed E-state index contributed by atoms with van der Waals surface area (Å²) in [4.78, 5) is 0. The maximum absolute atomic E-state index is 12.7.